The first kappa shape index (κ1) is 15.3. The van der Waals surface area contributed by atoms with E-state index >= 15 is 0 Å². The van der Waals surface area contributed by atoms with Gasteiger partial charge in [-0.3, -0.25) is 10.1 Å². The Morgan fingerprint density at radius 1 is 1.24 bits per heavy atom. The Kier molecular flexibility index (Phi) is 4.77. The number of ether oxygens (including phenoxy) is 2. The number of benzene rings is 2. The monoisotopic (exact) mass is 353 g/mol. The van der Waals surface area contributed by atoms with Crippen LogP contribution in [-0.4, -0.2) is 17.1 Å². The fourth-order valence-electron chi connectivity index (χ4n) is 1.70. The molecule has 0 aliphatic heterocycles. The van der Waals surface area contributed by atoms with Crippen LogP contribution < -0.4 is 9.47 Å². The second kappa shape index (κ2) is 6.55. The standard InChI is InChI=1S/C14H12BrNO5/c1-20-10-3-5-14(12(7-10)16(18)19)21-13-4-2-9(8-17)6-11(13)15/h2-7,17H,8H2,1H3. The second-order valence-corrected chi connectivity index (χ2v) is 4.97. The lowest BCUT2D eigenvalue weighted by atomic mass is 10.2. The van der Waals surface area contributed by atoms with Gasteiger partial charge >= 0.3 is 5.69 Å². The Morgan fingerprint density at radius 2 is 1.95 bits per heavy atom. The van der Waals surface area contributed by atoms with E-state index in [-0.39, 0.29) is 18.0 Å². The van der Waals surface area contributed by atoms with Crippen LogP contribution in [0.5, 0.6) is 17.2 Å². The van der Waals surface area contributed by atoms with E-state index in [4.69, 9.17) is 14.6 Å². The van der Waals surface area contributed by atoms with E-state index in [0.717, 1.165) is 0 Å². The topological polar surface area (TPSA) is 81.8 Å². The summed E-state index contributed by atoms with van der Waals surface area (Å²) in [4.78, 5) is 10.6. The highest BCUT2D eigenvalue weighted by Gasteiger charge is 2.18. The second-order valence-electron chi connectivity index (χ2n) is 4.12. The first-order chi connectivity index (χ1) is 10.0. The number of rotatable bonds is 5. The molecule has 0 unspecified atom stereocenters. The first-order valence-electron chi connectivity index (χ1n) is 5.94. The molecule has 2 aromatic rings. The van der Waals surface area contributed by atoms with Crippen LogP contribution in [0.1, 0.15) is 5.56 Å². The molecule has 110 valence electrons. The molecule has 0 spiro atoms. The molecule has 0 aromatic heterocycles. The number of aliphatic hydroxyl groups is 1. The summed E-state index contributed by atoms with van der Waals surface area (Å²) in [7, 11) is 1.43. The number of methoxy groups -OCH3 is 1. The fourth-order valence-corrected chi connectivity index (χ4v) is 2.20. The van der Waals surface area contributed by atoms with Crippen molar-refractivity contribution in [2.45, 2.75) is 6.61 Å². The van der Waals surface area contributed by atoms with E-state index in [2.05, 4.69) is 15.9 Å². The molecule has 0 saturated carbocycles. The molecular formula is C14H12BrNO5. The Morgan fingerprint density at radius 3 is 2.52 bits per heavy atom. The molecule has 1 N–H and O–H groups in total. The average molecular weight is 354 g/mol. The van der Waals surface area contributed by atoms with Crippen LogP contribution in [0, 0.1) is 10.1 Å². The van der Waals surface area contributed by atoms with Gasteiger partial charge in [-0.15, -0.1) is 0 Å². The first-order valence-corrected chi connectivity index (χ1v) is 6.74. The van der Waals surface area contributed by atoms with E-state index in [1.165, 1.54) is 19.2 Å². The van der Waals surface area contributed by atoms with Crippen LogP contribution in [0.25, 0.3) is 0 Å². The van der Waals surface area contributed by atoms with E-state index in [1.807, 2.05) is 0 Å². The maximum atomic E-state index is 11.1. The normalized spacial score (nSPS) is 10.2. The number of nitro groups is 1. The SMILES string of the molecule is COc1ccc(Oc2ccc(CO)cc2Br)c([N+](=O)[O-])c1. The summed E-state index contributed by atoms with van der Waals surface area (Å²) in [6.45, 7) is -0.0957. The molecule has 7 heteroatoms. The lowest BCUT2D eigenvalue weighted by molar-refractivity contribution is -0.385. The third kappa shape index (κ3) is 3.50. The van der Waals surface area contributed by atoms with Gasteiger partial charge in [-0.25, -0.2) is 0 Å². The van der Waals surface area contributed by atoms with E-state index in [1.54, 1.807) is 24.3 Å². The van der Waals surface area contributed by atoms with Gasteiger partial charge in [-0.05, 0) is 45.8 Å². The van der Waals surface area contributed by atoms with Gasteiger partial charge in [0, 0.05) is 0 Å². The lowest BCUT2D eigenvalue weighted by Crippen LogP contribution is -1.95. The zero-order chi connectivity index (χ0) is 15.4. The molecule has 0 aliphatic rings. The zero-order valence-electron chi connectivity index (χ0n) is 11.1. The predicted octanol–water partition coefficient (Wildman–Crippen LogP) is 3.65. The number of nitro benzene ring substituents is 1. The van der Waals surface area contributed by atoms with Crippen molar-refractivity contribution in [1.29, 1.82) is 0 Å². The molecule has 6 nitrogen and oxygen atoms in total. The van der Waals surface area contributed by atoms with Gasteiger partial charge in [0.25, 0.3) is 0 Å². The summed E-state index contributed by atoms with van der Waals surface area (Å²) in [6.07, 6.45) is 0. The van der Waals surface area contributed by atoms with Crippen molar-refractivity contribution < 1.29 is 19.5 Å². The quantitative estimate of drug-likeness (QED) is 0.655. The smallest absolute Gasteiger partial charge is 0.315 e. The summed E-state index contributed by atoms with van der Waals surface area (Å²) in [5, 5.41) is 20.1. The molecule has 2 aromatic carbocycles. The summed E-state index contributed by atoms with van der Waals surface area (Å²) >= 11 is 3.30. The van der Waals surface area contributed by atoms with Crippen LogP contribution in [-0.2, 0) is 6.61 Å². The van der Waals surface area contributed by atoms with Gasteiger partial charge in [0.05, 0.1) is 29.2 Å². The van der Waals surface area contributed by atoms with Crippen LogP contribution in [0.15, 0.2) is 40.9 Å². The summed E-state index contributed by atoms with van der Waals surface area (Å²) in [6, 6.07) is 9.34. The molecule has 21 heavy (non-hydrogen) atoms. The zero-order valence-corrected chi connectivity index (χ0v) is 12.7. The van der Waals surface area contributed by atoms with E-state index < -0.39 is 4.92 Å². The number of hydrogen-bond acceptors (Lipinski definition) is 5. The van der Waals surface area contributed by atoms with Crippen LogP contribution >= 0.6 is 15.9 Å². The van der Waals surface area contributed by atoms with Crippen molar-refractivity contribution in [2.75, 3.05) is 7.11 Å². The Bertz CT molecular complexity index is 674. The molecule has 0 heterocycles. The van der Waals surface area contributed by atoms with Gasteiger partial charge < -0.3 is 14.6 Å². The van der Waals surface area contributed by atoms with Crippen molar-refractivity contribution in [3.05, 3.63) is 56.5 Å². The average Bonchev–Trinajstić information content (AvgIpc) is 2.49. The molecule has 0 fully saturated rings. The largest absolute Gasteiger partial charge is 0.496 e. The number of hydrogen-bond donors (Lipinski definition) is 1. The summed E-state index contributed by atoms with van der Waals surface area (Å²) < 4.78 is 11.1. The minimum atomic E-state index is -0.534. The third-order valence-electron chi connectivity index (χ3n) is 2.76. The van der Waals surface area contributed by atoms with Crippen LogP contribution in [0.3, 0.4) is 0 Å². The highest BCUT2D eigenvalue weighted by molar-refractivity contribution is 9.10. The summed E-state index contributed by atoms with van der Waals surface area (Å²) in [5.41, 5.74) is 0.519. The van der Waals surface area contributed by atoms with Crippen molar-refractivity contribution >= 4 is 21.6 Å². The third-order valence-corrected chi connectivity index (χ3v) is 3.38. The number of aliphatic hydroxyl groups excluding tert-OH is 1. The molecule has 0 radical (unpaired) electrons. The summed E-state index contributed by atoms with van der Waals surface area (Å²) in [5.74, 6) is 0.905. The van der Waals surface area contributed by atoms with E-state index in [9.17, 15) is 10.1 Å². The Hall–Kier alpha value is -2.12. The van der Waals surface area contributed by atoms with Crippen LogP contribution in [0.4, 0.5) is 5.69 Å². The minimum Gasteiger partial charge on any atom is -0.496 e. The molecular weight excluding hydrogens is 342 g/mol. The molecule has 0 amide bonds. The Balaban J connectivity index is 2.37. The maximum absolute atomic E-state index is 11.1. The van der Waals surface area contributed by atoms with Gasteiger partial charge in [0.15, 0.2) is 0 Å². The number of halogens is 1. The highest BCUT2D eigenvalue weighted by Crippen LogP contribution is 2.37. The van der Waals surface area contributed by atoms with Gasteiger partial charge in [0.2, 0.25) is 5.75 Å². The molecule has 0 bridgehead atoms. The van der Waals surface area contributed by atoms with Crippen LogP contribution in [0.2, 0.25) is 0 Å². The molecule has 0 aliphatic carbocycles. The number of nitrogens with zero attached hydrogens (tertiary/aromatic N) is 1. The van der Waals surface area contributed by atoms with E-state index in [0.29, 0.717) is 21.5 Å². The highest BCUT2D eigenvalue weighted by atomic mass is 79.9. The minimum absolute atomic E-state index is 0.0957. The van der Waals surface area contributed by atoms with Crippen molar-refractivity contribution in [3.63, 3.8) is 0 Å². The molecule has 2 rings (SSSR count). The van der Waals surface area contributed by atoms with Gasteiger partial charge in [-0.1, -0.05) is 6.07 Å². The lowest BCUT2D eigenvalue weighted by Gasteiger charge is -2.10. The predicted molar refractivity (Wildman–Crippen MR) is 79.8 cm³/mol. The van der Waals surface area contributed by atoms with Gasteiger partial charge in [-0.2, -0.15) is 0 Å². The van der Waals surface area contributed by atoms with Crippen molar-refractivity contribution in [3.8, 4) is 17.2 Å². The maximum Gasteiger partial charge on any atom is 0.315 e. The van der Waals surface area contributed by atoms with Crippen molar-refractivity contribution in [2.24, 2.45) is 0 Å². The fraction of sp³-hybridized carbons (Fsp3) is 0.143. The van der Waals surface area contributed by atoms with Crippen molar-refractivity contribution in [1.82, 2.24) is 0 Å². The van der Waals surface area contributed by atoms with Gasteiger partial charge in [0.1, 0.15) is 11.5 Å². The molecule has 0 atom stereocenters. The molecule has 0 saturated heterocycles. The Labute approximate surface area is 129 Å².